The summed E-state index contributed by atoms with van der Waals surface area (Å²) in [6, 6.07) is 0. The van der Waals surface area contributed by atoms with Crippen LogP contribution < -0.4 is 0 Å². The molecule has 4 saturated heterocycles. The van der Waals surface area contributed by atoms with Crippen LogP contribution in [0.5, 0.6) is 0 Å². The second kappa shape index (κ2) is 21.3. The Kier molecular flexibility index (Phi) is 16.5. The highest BCUT2D eigenvalue weighted by Crippen LogP contribution is 2.76. The van der Waals surface area contributed by atoms with Gasteiger partial charge in [-0.2, -0.15) is 0 Å². The van der Waals surface area contributed by atoms with E-state index in [4.69, 9.17) is 37.9 Å². The number of carbonyl (C=O) groups excluding carboxylic acids is 1. The first-order valence-corrected chi connectivity index (χ1v) is 27.0. The van der Waals surface area contributed by atoms with Crippen molar-refractivity contribution >= 4 is 5.97 Å². The average Bonchev–Trinajstić information content (AvgIpc) is 3.56. The molecule has 0 unspecified atom stereocenters. The third-order valence-electron chi connectivity index (χ3n) is 20.8. The van der Waals surface area contributed by atoms with Crippen molar-refractivity contribution in [3.8, 4) is 0 Å². The summed E-state index contributed by atoms with van der Waals surface area (Å²) in [5.74, 6) is -2.14. The molecule has 24 nitrogen and oxygen atoms in total. The van der Waals surface area contributed by atoms with E-state index in [1.165, 1.54) is 6.92 Å². The molecule has 9 rings (SSSR count). The summed E-state index contributed by atoms with van der Waals surface area (Å²) in [7, 11) is 0. The van der Waals surface area contributed by atoms with E-state index in [0.717, 1.165) is 5.57 Å². The van der Waals surface area contributed by atoms with Crippen molar-refractivity contribution in [3.05, 3.63) is 11.6 Å². The zero-order chi connectivity index (χ0) is 55.6. The summed E-state index contributed by atoms with van der Waals surface area (Å²) < 4.78 is 47.0. The maximum absolute atomic E-state index is 15.3. The maximum atomic E-state index is 15.3. The normalized spacial score (nSPS) is 54.0. The number of hydrogen-bond donors (Lipinski definition) is 15. The van der Waals surface area contributed by atoms with Gasteiger partial charge in [0.05, 0.1) is 57.5 Å². The van der Waals surface area contributed by atoms with E-state index >= 15 is 4.79 Å². The summed E-state index contributed by atoms with van der Waals surface area (Å²) in [6.07, 6.45) is -28.2. The highest BCUT2D eigenvalue weighted by Gasteiger charge is 2.74. The molecule has 0 bridgehead atoms. The number of aliphatic hydroxyl groups is 15. The number of rotatable bonds is 11. The second-order valence-electron chi connectivity index (χ2n) is 25.4. The molecule has 24 heteroatoms. The van der Waals surface area contributed by atoms with Gasteiger partial charge in [-0.3, -0.25) is 4.79 Å². The molecule has 8 fully saturated rings. The smallest absolute Gasteiger partial charge is 0.317 e. The topological polar surface area (TPSA) is 394 Å². The van der Waals surface area contributed by atoms with Crippen LogP contribution in [-0.2, 0) is 42.7 Å². The van der Waals surface area contributed by atoms with Gasteiger partial charge in [-0.15, -0.1) is 0 Å². The number of allylic oxidation sites excluding steroid dienone is 2. The van der Waals surface area contributed by atoms with Crippen molar-refractivity contribution in [2.24, 2.45) is 50.2 Å². The molecule has 0 radical (unpaired) electrons. The summed E-state index contributed by atoms with van der Waals surface area (Å²) in [4.78, 5) is 15.3. The fraction of sp³-hybridized carbons (Fsp3) is 0.942. The van der Waals surface area contributed by atoms with Gasteiger partial charge in [-0.25, -0.2) is 0 Å². The fourth-order valence-electron chi connectivity index (χ4n) is 16.2. The van der Waals surface area contributed by atoms with Crippen molar-refractivity contribution in [1.29, 1.82) is 0 Å². The first-order chi connectivity index (χ1) is 35.6. The van der Waals surface area contributed by atoms with Crippen LogP contribution in [0.15, 0.2) is 11.6 Å². The number of carbonyl (C=O) groups is 1. The van der Waals surface area contributed by atoms with E-state index in [-0.39, 0.29) is 30.6 Å². The van der Waals surface area contributed by atoms with E-state index in [1.807, 2.05) is 6.92 Å². The Labute approximate surface area is 441 Å². The van der Waals surface area contributed by atoms with Crippen LogP contribution in [0, 0.1) is 50.2 Å². The van der Waals surface area contributed by atoms with Crippen LogP contribution in [0.1, 0.15) is 92.9 Å². The van der Waals surface area contributed by atoms with E-state index in [2.05, 4.69) is 33.8 Å². The van der Waals surface area contributed by atoms with Crippen LogP contribution in [0.2, 0.25) is 0 Å². The highest BCUT2D eigenvalue weighted by atomic mass is 16.8. The largest absolute Gasteiger partial charge is 0.432 e. The SMILES string of the molecule is C[C@@H]1O[C@@H](O[C@H]2[C@H](OC(=O)[C@]34CCC(C)(C)C[C@@H]3C3=CC[C@@H]5[C@@]6(C)C[C@H](O)[C@H](O[C@@H]7O[C@H](CO)[C@@H](O)[C@H](O)[C@H]7O)C(CO)(CO)[C@@H]6CC[C@@]5(C)[C@]3(C)C[C@H]4O)OC[C@H](O)[C@@H]2O)[C@H](O)[C@H](O)[C@H]1O[C@@H]1OC[C@@H](O)[C@H](O)[C@H]1O. The molecule has 28 atom stereocenters. The van der Waals surface area contributed by atoms with Gasteiger partial charge in [0, 0.05) is 5.41 Å². The van der Waals surface area contributed by atoms with E-state index in [0.29, 0.717) is 32.1 Å². The molecule has 4 heterocycles. The Hall–Kier alpha value is -1.67. The minimum absolute atomic E-state index is 0.103. The van der Waals surface area contributed by atoms with Crippen LogP contribution in [0.3, 0.4) is 0 Å². The highest BCUT2D eigenvalue weighted by molar-refractivity contribution is 5.80. The van der Waals surface area contributed by atoms with Gasteiger partial charge in [0.1, 0.15) is 78.7 Å². The first kappa shape index (κ1) is 59.0. The molecule has 0 aromatic rings. The zero-order valence-corrected chi connectivity index (χ0v) is 44.0. The molecule has 0 amide bonds. The summed E-state index contributed by atoms with van der Waals surface area (Å²) in [6.45, 7) is 9.08. The Balaban J connectivity index is 0.971. The monoisotopic (exact) mass is 1090 g/mol. The van der Waals surface area contributed by atoms with Crippen molar-refractivity contribution in [2.75, 3.05) is 33.0 Å². The Morgan fingerprint density at radius 3 is 1.88 bits per heavy atom. The molecule has 436 valence electrons. The minimum atomic E-state index is -1.91. The van der Waals surface area contributed by atoms with E-state index < -0.39 is 207 Å². The minimum Gasteiger partial charge on any atom is -0.432 e. The van der Waals surface area contributed by atoms with Crippen molar-refractivity contribution in [2.45, 2.75) is 222 Å². The quantitative estimate of drug-likeness (QED) is 0.0535. The molecule has 4 aliphatic heterocycles. The number of hydrogen-bond acceptors (Lipinski definition) is 24. The van der Waals surface area contributed by atoms with Gasteiger partial charge in [0.25, 0.3) is 0 Å². The van der Waals surface area contributed by atoms with Crippen molar-refractivity contribution < 1.29 is 119 Å². The molecule has 0 spiro atoms. The molecule has 0 aromatic carbocycles. The Morgan fingerprint density at radius 2 is 1.22 bits per heavy atom. The third-order valence-corrected chi connectivity index (χ3v) is 20.8. The van der Waals surface area contributed by atoms with Crippen LogP contribution in [0.25, 0.3) is 0 Å². The molecule has 0 aromatic heterocycles. The van der Waals surface area contributed by atoms with Gasteiger partial charge >= 0.3 is 5.97 Å². The lowest BCUT2D eigenvalue weighted by Crippen LogP contribution is -2.71. The first-order valence-electron chi connectivity index (χ1n) is 27.0. The molecule has 76 heavy (non-hydrogen) atoms. The lowest BCUT2D eigenvalue weighted by atomic mass is 9.33. The Bertz CT molecular complexity index is 2090. The molecule has 4 saturated carbocycles. The Morgan fingerprint density at radius 1 is 0.618 bits per heavy atom. The molecule has 15 N–H and O–H groups in total. The number of ether oxygens (including phenoxy) is 8. The third kappa shape index (κ3) is 9.17. The van der Waals surface area contributed by atoms with Gasteiger partial charge in [0.15, 0.2) is 25.0 Å². The van der Waals surface area contributed by atoms with Crippen molar-refractivity contribution in [3.63, 3.8) is 0 Å². The van der Waals surface area contributed by atoms with Gasteiger partial charge in [-0.05, 0) is 97.7 Å². The van der Waals surface area contributed by atoms with Crippen LogP contribution in [0.4, 0.5) is 0 Å². The summed E-state index contributed by atoms with van der Waals surface area (Å²) in [5.41, 5.74) is -4.60. The van der Waals surface area contributed by atoms with Gasteiger partial charge < -0.3 is 114 Å². The number of aliphatic hydroxyl groups excluding tert-OH is 15. The number of esters is 1. The molecule has 9 aliphatic rings. The average molecular weight is 1090 g/mol. The second-order valence-corrected chi connectivity index (χ2v) is 25.4. The standard InChI is InChI=1S/C52H84O24/c1-21-39(73-42-36(65)31(60)25(57)17-69-42)35(64)38(67)43(71-21)74-40-32(61)26(58)18-70-45(40)76-46(68)52-12-11-47(2,3)13-23(52)22-7-8-28-48(4)14-24(56)41(75-44-37(66)34(63)33(62)27(16-53)72-44)51(19-54,20-55)29(48)9-10-49(28,5)50(22,6)15-30(52)59/h7,21,23-45,53-67H,8-20H2,1-6H3/t21-,23+,24-,25+,26-,27+,28+,29+,30+,31-,32-,33+,34-,35-,36+,37+,38+,39-,40+,41-,42-,43-,44-,45-,48+,49+,50+,52+/m0/s1. The van der Waals surface area contributed by atoms with Crippen LogP contribution in [-0.4, -0.2) is 245 Å². The summed E-state index contributed by atoms with van der Waals surface area (Å²) >= 11 is 0. The summed E-state index contributed by atoms with van der Waals surface area (Å²) in [5, 5.41) is 165. The maximum Gasteiger partial charge on any atom is 0.317 e. The number of fused-ring (bicyclic) bond motifs is 7. The van der Waals surface area contributed by atoms with E-state index in [9.17, 15) is 76.6 Å². The van der Waals surface area contributed by atoms with Crippen molar-refractivity contribution in [1.82, 2.24) is 0 Å². The zero-order valence-electron chi connectivity index (χ0n) is 44.0. The van der Waals surface area contributed by atoms with Crippen LogP contribution >= 0.6 is 0 Å². The molecular weight excluding hydrogens is 1010 g/mol. The lowest BCUT2D eigenvalue weighted by molar-refractivity contribution is -0.369. The van der Waals surface area contributed by atoms with Gasteiger partial charge in [-0.1, -0.05) is 46.3 Å². The molecular formula is C52H84O24. The van der Waals surface area contributed by atoms with E-state index in [1.54, 1.807) is 0 Å². The van der Waals surface area contributed by atoms with Gasteiger partial charge in [0.2, 0.25) is 6.29 Å². The predicted molar refractivity (Wildman–Crippen MR) is 255 cm³/mol. The fourth-order valence-corrected chi connectivity index (χ4v) is 16.2. The molecule has 5 aliphatic carbocycles. The predicted octanol–water partition coefficient (Wildman–Crippen LogP) is -3.84. The lowest BCUT2D eigenvalue weighted by Gasteiger charge is -2.72.